The number of ether oxygens (including phenoxy) is 11. The van der Waals surface area contributed by atoms with Crippen LogP contribution >= 0.6 is 0 Å². The predicted octanol–water partition coefficient (Wildman–Crippen LogP) is 4.14. The van der Waals surface area contributed by atoms with Crippen LogP contribution in [0, 0.1) is 0 Å². The molecule has 0 radical (unpaired) electrons. The highest BCUT2D eigenvalue weighted by molar-refractivity contribution is 5.96. The molecule has 2 aromatic carbocycles. The Bertz CT molecular complexity index is 1440. The minimum absolute atomic E-state index is 0.0124. The van der Waals surface area contributed by atoms with Gasteiger partial charge in [-0.1, -0.05) is 18.2 Å². The van der Waals surface area contributed by atoms with Crippen molar-refractivity contribution in [3.63, 3.8) is 0 Å². The number of carboxylic acids is 1. The normalized spacial score (nSPS) is 11.5. The molecule has 0 heterocycles. The van der Waals surface area contributed by atoms with E-state index in [4.69, 9.17) is 57.2 Å². The van der Waals surface area contributed by atoms with Crippen LogP contribution in [-0.4, -0.2) is 168 Å². The van der Waals surface area contributed by atoms with E-state index in [2.05, 4.69) is 10.6 Å². The monoisotopic (exact) mass is 878 g/mol. The van der Waals surface area contributed by atoms with Crippen LogP contribution in [0.5, 0.6) is 0 Å². The molecule has 0 bridgehead atoms. The Morgan fingerprint density at radius 2 is 0.951 bits per heavy atom. The fraction of sp³-hybridized carbons (Fsp3) is 0.634. The van der Waals surface area contributed by atoms with Gasteiger partial charge in [-0.2, -0.15) is 13.2 Å². The van der Waals surface area contributed by atoms with E-state index in [-0.39, 0.29) is 49.8 Å². The maximum absolute atomic E-state index is 13.1. The number of aliphatic carboxylic acids is 1. The van der Waals surface area contributed by atoms with Gasteiger partial charge in [-0.05, 0) is 36.8 Å². The Balaban J connectivity index is 1.25. The summed E-state index contributed by atoms with van der Waals surface area (Å²) in [4.78, 5) is 34.4. The van der Waals surface area contributed by atoms with Gasteiger partial charge in [0.05, 0.1) is 149 Å². The SMILES string of the molecule is O=C(O)CCC(=O)NCCCOCCOCCOCCOCCOCCOCCOCCOCCOCCOCCOC(=O)c1ccccc1Nc1cccc(C(F)(F)F)c1. The maximum Gasteiger partial charge on any atom is 0.416 e. The number of rotatable bonds is 40. The van der Waals surface area contributed by atoms with E-state index in [9.17, 15) is 27.6 Å². The lowest BCUT2D eigenvalue weighted by Crippen LogP contribution is -2.25. The zero-order chi connectivity index (χ0) is 44.1. The van der Waals surface area contributed by atoms with Gasteiger partial charge in [-0.15, -0.1) is 0 Å². The summed E-state index contributed by atoms with van der Waals surface area (Å²) in [6.45, 7) is 8.52. The molecule has 0 fully saturated rings. The largest absolute Gasteiger partial charge is 0.481 e. The Morgan fingerprint density at radius 3 is 1.39 bits per heavy atom. The number of hydrogen-bond donors (Lipinski definition) is 3. The molecular weight excluding hydrogens is 817 g/mol. The van der Waals surface area contributed by atoms with E-state index in [1.54, 1.807) is 18.2 Å². The topological polar surface area (TPSA) is 197 Å². The van der Waals surface area contributed by atoms with E-state index < -0.39 is 23.7 Å². The molecule has 20 heteroatoms. The molecule has 0 aliphatic carbocycles. The molecule has 0 spiro atoms. The minimum atomic E-state index is -4.49. The van der Waals surface area contributed by atoms with Crippen molar-refractivity contribution in [1.82, 2.24) is 5.32 Å². The number of halogens is 3. The molecule has 0 atom stereocenters. The van der Waals surface area contributed by atoms with Gasteiger partial charge in [0.25, 0.3) is 0 Å². The van der Waals surface area contributed by atoms with Crippen molar-refractivity contribution in [2.24, 2.45) is 0 Å². The third-order valence-electron chi connectivity index (χ3n) is 7.78. The number of amides is 1. The molecule has 17 nitrogen and oxygen atoms in total. The summed E-state index contributed by atoms with van der Waals surface area (Å²) < 4.78 is 99.0. The van der Waals surface area contributed by atoms with Crippen molar-refractivity contribution < 1.29 is 84.8 Å². The highest BCUT2D eigenvalue weighted by atomic mass is 19.4. The third-order valence-corrected chi connectivity index (χ3v) is 7.78. The smallest absolute Gasteiger partial charge is 0.416 e. The molecule has 0 unspecified atom stereocenters. The zero-order valence-corrected chi connectivity index (χ0v) is 34.6. The number of para-hydroxylation sites is 1. The van der Waals surface area contributed by atoms with E-state index in [0.717, 1.165) is 12.1 Å². The fourth-order valence-corrected chi connectivity index (χ4v) is 4.76. The Hall–Kier alpha value is -3.96. The van der Waals surface area contributed by atoms with Crippen LogP contribution in [0.4, 0.5) is 24.5 Å². The molecular formula is C41H61F3N2O15. The molecule has 0 aromatic heterocycles. The minimum Gasteiger partial charge on any atom is -0.481 e. The molecule has 0 aliphatic heterocycles. The third kappa shape index (κ3) is 29.9. The average molecular weight is 879 g/mol. The van der Waals surface area contributed by atoms with E-state index in [1.807, 2.05) is 0 Å². The molecule has 61 heavy (non-hydrogen) atoms. The van der Waals surface area contributed by atoms with Gasteiger partial charge >= 0.3 is 18.1 Å². The van der Waals surface area contributed by atoms with Crippen molar-refractivity contribution in [2.45, 2.75) is 25.4 Å². The quantitative estimate of drug-likeness (QED) is 0.0638. The Kier molecular flexibility index (Phi) is 31.0. The molecule has 0 saturated carbocycles. The standard InChI is InChI=1S/C41H61F3N2O15/c42-41(43,44)34-5-3-6-35(33-34)46-37-8-2-1-7-36(37)40(50)61-32-31-60-30-29-59-28-27-58-26-25-57-24-23-56-22-21-55-20-19-54-18-17-53-16-15-52-14-13-51-12-4-11-45-38(47)9-10-39(48)49/h1-3,5-8,33,46H,4,9-32H2,(H,45,47)(H,48,49). The number of benzene rings is 2. The maximum atomic E-state index is 13.1. The average Bonchev–Trinajstić information content (AvgIpc) is 3.24. The number of esters is 1. The first kappa shape index (κ1) is 53.2. The van der Waals surface area contributed by atoms with Crippen LogP contribution in [0.15, 0.2) is 48.5 Å². The van der Waals surface area contributed by atoms with Crippen molar-refractivity contribution in [3.05, 3.63) is 59.7 Å². The first-order chi connectivity index (χ1) is 29.7. The van der Waals surface area contributed by atoms with Crippen LogP contribution in [0.1, 0.15) is 35.2 Å². The number of carbonyl (C=O) groups excluding carboxylic acids is 2. The number of hydrogen-bond acceptors (Lipinski definition) is 15. The summed E-state index contributed by atoms with van der Waals surface area (Å²) in [6.07, 6.45) is -4.05. The summed E-state index contributed by atoms with van der Waals surface area (Å²) >= 11 is 0. The molecule has 0 aliphatic rings. The highest BCUT2D eigenvalue weighted by Crippen LogP contribution is 2.32. The van der Waals surface area contributed by atoms with Gasteiger partial charge in [0.2, 0.25) is 5.91 Å². The second kappa shape index (κ2) is 35.6. The van der Waals surface area contributed by atoms with Gasteiger partial charge in [-0.3, -0.25) is 9.59 Å². The number of nitrogens with one attached hydrogen (secondary N) is 2. The first-order valence-corrected chi connectivity index (χ1v) is 20.1. The van der Waals surface area contributed by atoms with Crippen molar-refractivity contribution in [1.29, 1.82) is 0 Å². The van der Waals surface area contributed by atoms with E-state index in [1.165, 1.54) is 18.2 Å². The van der Waals surface area contributed by atoms with Crippen LogP contribution < -0.4 is 10.6 Å². The predicted molar refractivity (Wildman–Crippen MR) is 214 cm³/mol. The summed E-state index contributed by atoms with van der Waals surface area (Å²) in [7, 11) is 0. The lowest BCUT2D eigenvalue weighted by Gasteiger charge is -2.13. The molecule has 346 valence electrons. The van der Waals surface area contributed by atoms with Gasteiger partial charge in [0.15, 0.2) is 0 Å². The van der Waals surface area contributed by atoms with Gasteiger partial charge in [0.1, 0.15) is 6.61 Å². The van der Waals surface area contributed by atoms with Crippen LogP contribution in [0.3, 0.4) is 0 Å². The first-order valence-electron chi connectivity index (χ1n) is 20.1. The lowest BCUT2D eigenvalue weighted by molar-refractivity contribution is -0.139. The number of alkyl halides is 3. The second-order valence-electron chi connectivity index (χ2n) is 12.6. The van der Waals surface area contributed by atoms with Crippen LogP contribution in [0.25, 0.3) is 0 Å². The van der Waals surface area contributed by atoms with Crippen molar-refractivity contribution >= 4 is 29.2 Å². The molecule has 0 saturated heterocycles. The fourth-order valence-electron chi connectivity index (χ4n) is 4.76. The van der Waals surface area contributed by atoms with E-state index in [0.29, 0.717) is 138 Å². The van der Waals surface area contributed by atoms with Crippen LogP contribution in [0.2, 0.25) is 0 Å². The van der Waals surface area contributed by atoms with Crippen molar-refractivity contribution in [2.75, 3.05) is 151 Å². The molecule has 2 rings (SSSR count). The zero-order valence-electron chi connectivity index (χ0n) is 34.6. The summed E-state index contributed by atoms with van der Waals surface area (Å²) in [5.74, 6) is -1.91. The molecule has 1 amide bonds. The summed E-state index contributed by atoms with van der Waals surface area (Å²) in [6, 6.07) is 11.1. The lowest BCUT2D eigenvalue weighted by atomic mass is 10.1. The Morgan fingerprint density at radius 1 is 0.525 bits per heavy atom. The van der Waals surface area contributed by atoms with Gasteiger partial charge in [-0.25, -0.2) is 4.79 Å². The molecule has 2 aromatic rings. The Labute approximate surface area is 354 Å². The summed E-state index contributed by atoms with van der Waals surface area (Å²) in [5.41, 5.74) is -0.121. The second-order valence-corrected chi connectivity index (χ2v) is 12.6. The van der Waals surface area contributed by atoms with Crippen molar-refractivity contribution in [3.8, 4) is 0 Å². The summed E-state index contributed by atoms with van der Waals surface area (Å²) in [5, 5.41) is 14.0. The number of anilines is 2. The number of carbonyl (C=O) groups is 3. The highest BCUT2D eigenvalue weighted by Gasteiger charge is 2.30. The number of carboxylic acid groups (broad SMARTS) is 1. The van der Waals surface area contributed by atoms with Gasteiger partial charge < -0.3 is 67.8 Å². The van der Waals surface area contributed by atoms with Gasteiger partial charge in [0, 0.05) is 25.3 Å². The molecule has 3 N–H and O–H groups in total. The van der Waals surface area contributed by atoms with Crippen LogP contribution in [-0.2, 0) is 67.9 Å². The van der Waals surface area contributed by atoms with E-state index >= 15 is 0 Å².